The molecule has 0 bridgehead atoms. The van der Waals surface area contributed by atoms with Gasteiger partial charge in [-0.15, -0.1) is 11.3 Å². The maximum atomic E-state index is 11.7. The molecular formula is C11H12N2O2S. The van der Waals surface area contributed by atoms with E-state index < -0.39 is 5.69 Å². The highest BCUT2D eigenvalue weighted by Crippen LogP contribution is 2.34. The lowest BCUT2D eigenvalue weighted by atomic mass is 9.89. The minimum atomic E-state index is -0.413. The molecule has 0 saturated heterocycles. The van der Waals surface area contributed by atoms with Crippen LogP contribution in [0.15, 0.2) is 9.59 Å². The molecule has 84 valence electrons. The highest BCUT2D eigenvalue weighted by molar-refractivity contribution is 7.18. The summed E-state index contributed by atoms with van der Waals surface area (Å²) in [4.78, 5) is 29.9. The fourth-order valence-electron chi connectivity index (χ4n) is 2.38. The molecule has 1 unspecified atom stereocenters. The predicted molar refractivity (Wildman–Crippen MR) is 64.3 cm³/mol. The second kappa shape index (κ2) is 3.31. The van der Waals surface area contributed by atoms with E-state index in [0.29, 0.717) is 11.3 Å². The standard InChI is InChI=1S/C11H12N2O2S/c1-5-2-3-6-7(4-5)16-10-8(6)9(14)12-11(15)13-10/h5H,2-4H2,1H3,(H2,12,13,14,15). The zero-order chi connectivity index (χ0) is 11.3. The fourth-order valence-corrected chi connectivity index (χ4v) is 3.78. The first-order valence-electron chi connectivity index (χ1n) is 5.42. The first kappa shape index (κ1) is 9.84. The number of aromatic nitrogens is 2. The van der Waals surface area contributed by atoms with Gasteiger partial charge in [-0.25, -0.2) is 4.79 Å². The number of hydrogen-bond acceptors (Lipinski definition) is 3. The molecule has 0 aromatic carbocycles. The van der Waals surface area contributed by atoms with E-state index in [9.17, 15) is 9.59 Å². The van der Waals surface area contributed by atoms with Crippen molar-refractivity contribution < 1.29 is 0 Å². The van der Waals surface area contributed by atoms with Crippen molar-refractivity contribution in [3.63, 3.8) is 0 Å². The summed E-state index contributed by atoms with van der Waals surface area (Å²) in [5.41, 5.74) is 0.491. The summed E-state index contributed by atoms with van der Waals surface area (Å²) in [5.74, 6) is 0.673. The summed E-state index contributed by atoms with van der Waals surface area (Å²) in [6, 6.07) is 0. The van der Waals surface area contributed by atoms with Crippen LogP contribution in [-0.2, 0) is 12.8 Å². The molecule has 2 N–H and O–H groups in total. The molecule has 3 rings (SSSR count). The third-order valence-corrected chi connectivity index (χ3v) is 4.36. The van der Waals surface area contributed by atoms with Gasteiger partial charge < -0.3 is 0 Å². The van der Waals surface area contributed by atoms with Crippen LogP contribution in [0.3, 0.4) is 0 Å². The van der Waals surface area contributed by atoms with Crippen LogP contribution < -0.4 is 11.2 Å². The Morgan fingerprint density at radius 1 is 1.31 bits per heavy atom. The van der Waals surface area contributed by atoms with Gasteiger partial charge >= 0.3 is 5.69 Å². The molecule has 0 aliphatic heterocycles. The smallest absolute Gasteiger partial charge is 0.298 e. The lowest BCUT2D eigenvalue weighted by molar-refractivity contribution is 0.509. The van der Waals surface area contributed by atoms with Crippen LogP contribution in [0, 0.1) is 5.92 Å². The molecule has 1 aliphatic rings. The SMILES string of the molecule is CC1CCc2c(sc3[nH]c(=O)[nH]c(=O)c23)C1. The number of rotatable bonds is 0. The normalized spacial score (nSPS) is 19.9. The van der Waals surface area contributed by atoms with E-state index in [0.717, 1.165) is 29.7 Å². The van der Waals surface area contributed by atoms with E-state index in [1.54, 1.807) is 11.3 Å². The Hall–Kier alpha value is -1.36. The molecule has 5 heteroatoms. The Balaban J connectivity index is 2.38. The summed E-state index contributed by atoms with van der Waals surface area (Å²) in [6.45, 7) is 2.22. The van der Waals surface area contributed by atoms with Crippen LogP contribution in [0.4, 0.5) is 0 Å². The van der Waals surface area contributed by atoms with Crippen LogP contribution in [-0.4, -0.2) is 9.97 Å². The highest BCUT2D eigenvalue weighted by atomic mass is 32.1. The minimum Gasteiger partial charge on any atom is -0.298 e. The van der Waals surface area contributed by atoms with Crippen molar-refractivity contribution in [3.05, 3.63) is 31.3 Å². The van der Waals surface area contributed by atoms with Crippen molar-refractivity contribution in [2.24, 2.45) is 5.92 Å². The quantitative estimate of drug-likeness (QED) is 0.726. The minimum absolute atomic E-state index is 0.245. The van der Waals surface area contributed by atoms with E-state index in [1.807, 2.05) is 0 Å². The molecular weight excluding hydrogens is 224 g/mol. The Labute approximate surface area is 95.3 Å². The maximum Gasteiger partial charge on any atom is 0.326 e. The van der Waals surface area contributed by atoms with E-state index in [-0.39, 0.29) is 5.56 Å². The molecule has 4 nitrogen and oxygen atoms in total. The van der Waals surface area contributed by atoms with Gasteiger partial charge in [-0.3, -0.25) is 14.8 Å². The Morgan fingerprint density at radius 3 is 2.94 bits per heavy atom. The summed E-state index contributed by atoms with van der Waals surface area (Å²) < 4.78 is 0. The van der Waals surface area contributed by atoms with Crippen LogP contribution in [0.1, 0.15) is 23.8 Å². The van der Waals surface area contributed by atoms with E-state index >= 15 is 0 Å². The number of H-pyrrole nitrogens is 2. The molecule has 0 amide bonds. The van der Waals surface area contributed by atoms with Gasteiger partial charge in [0.1, 0.15) is 4.83 Å². The summed E-state index contributed by atoms with van der Waals surface area (Å²) >= 11 is 1.56. The number of nitrogens with one attached hydrogen (secondary N) is 2. The average molecular weight is 236 g/mol. The second-order valence-corrected chi connectivity index (χ2v) is 5.57. The zero-order valence-electron chi connectivity index (χ0n) is 8.92. The van der Waals surface area contributed by atoms with Gasteiger partial charge in [-0.1, -0.05) is 6.92 Å². The number of aromatic amines is 2. The van der Waals surface area contributed by atoms with E-state index in [2.05, 4.69) is 16.9 Å². The first-order chi connectivity index (χ1) is 7.65. The van der Waals surface area contributed by atoms with Crippen molar-refractivity contribution in [1.82, 2.24) is 9.97 Å². The van der Waals surface area contributed by atoms with Gasteiger partial charge in [0.25, 0.3) is 5.56 Å². The lowest BCUT2D eigenvalue weighted by Gasteiger charge is -2.17. The molecule has 2 aromatic rings. The van der Waals surface area contributed by atoms with Gasteiger partial charge in [0.05, 0.1) is 5.39 Å². The lowest BCUT2D eigenvalue weighted by Crippen LogP contribution is -2.22. The van der Waals surface area contributed by atoms with Gasteiger partial charge in [-0.2, -0.15) is 0 Å². The fraction of sp³-hybridized carbons (Fsp3) is 0.455. The summed E-state index contributed by atoms with van der Waals surface area (Å²) in [5, 5.41) is 0.700. The summed E-state index contributed by atoms with van der Waals surface area (Å²) in [7, 11) is 0. The Bertz CT molecular complexity index is 665. The van der Waals surface area contributed by atoms with Crippen molar-refractivity contribution in [2.45, 2.75) is 26.2 Å². The van der Waals surface area contributed by atoms with Gasteiger partial charge in [0, 0.05) is 4.88 Å². The third kappa shape index (κ3) is 1.35. The molecule has 2 aromatic heterocycles. The molecule has 0 radical (unpaired) electrons. The maximum absolute atomic E-state index is 11.7. The van der Waals surface area contributed by atoms with Crippen LogP contribution in [0.25, 0.3) is 10.2 Å². The summed E-state index contributed by atoms with van der Waals surface area (Å²) in [6.07, 6.45) is 3.10. The average Bonchev–Trinajstić information content (AvgIpc) is 2.54. The number of fused-ring (bicyclic) bond motifs is 3. The third-order valence-electron chi connectivity index (χ3n) is 3.19. The van der Waals surface area contributed by atoms with Crippen molar-refractivity contribution >= 4 is 21.6 Å². The number of thiophene rings is 1. The molecule has 1 aliphatic carbocycles. The van der Waals surface area contributed by atoms with E-state index in [1.165, 1.54) is 4.88 Å². The van der Waals surface area contributed by atoms with Gasteiger partial charge in [0.2, 0.25) is 0 Å². The predicted octanol–water partition coefficient (Wildman–Crippen LogP) is 1.40. The molecule has 0 saturated carbocycles. The second-order valence-electron chi connectivity index (χ2n) is 4.46. The van der Waals surface area contributed by atoms with Gasteiger partial charge in [0.15, 0.2) is 0 Å². The van der Waals surface area contributed by atoms with Crippen molar-refractivity contribution in [1.29, 1.82) is 0 Å². The number of hydrogen-bond donors (Lipinski definition) is 2. The topological polar surface area (TPSA) is 65.7 Å². The zero-order valence-corrected chi connectivity index (χ0v) is 9.74. The largest absolute Gasteiger partial charge is 0.326 e. The number of aryl methyl sites for hydroxylation is 1. The van der Waals surface area contributed by atoms with Crippen LogP contribution in [0.5, 0.6) is 0 Å². The van der Waals surface area contributed by atoms with Gasteiger partial charge in [-0.05, 0) is 30.7 Å². The molecule has 0 spiro atoms. The molecule has 1 atom stereocenters. The monoisotopic (exact) mass is 236 g/mol. The van der Waals surface area contributed by atoms with Crippen LogP contribution in [0.2, 0.25) is 0 Å². The molecule has 0 fully saturated rings. The Morgan fingerprint density at radius 2 is 2.12 bits per heavy atom. The van der Waals surface area contributed by atoms with Crippen LogP contribution >= 0.6 is 11.3 Å². The molecule has 2 heterocycles. The highest BCUT2D eigenvalue weighted by Gasteiger charge is 2.22. The van der Waals surface area contributed by atoms with Crippen molar-refractivity contribution in [3.8, 4) is 0 Å². The molecule has 16 heavy (non-hydrogen) atoms. The van der Waals surface area contributed by atoms with Crippen molar-refractivity contribution in [2.75, 3.05) is 0 Å². The first-order valence-corrected chi connectivity index (χ1v) is 6.23. The Kier molecular flexibility index (Phi) is 2.04. The van der Waals surface area contributed by atoms with E-state index in [4.69, 9.17) is 0 Å².